The van der Waals surface area contributed by atoms with Crippen LogP contribution < -0.4 is 0 Å². The fourth-order valence-electron chi connectivity index (χ4n) is 7.20. The van der Waals surface area contributed by atoms with E-state index < -0.39 is 24.8 Å². The van der Waals surface area contributed by atoms with E-state index in [0.717, 1.165) is 64.5 Å². The summed E-state index contributed by atoms with van der Waals surface area (Å²) in [5, 5.41) is 17.7. The lowest BCUT2D eigenvalue weighted by atomic mass is 9.71. The van der Waals surface area contributed by atoms with Crippen LogP contribution in [0.5, 0.6) is 0 Å². The van der Waals surface area contributed by atoms with Crippen molar-refractivity contribution < 1.29 is 26.3 Å². The molecule has 0 spiro atoms. The minimum absolute atomic E-state index is 0.121. The Labute approximate surface area is 269 Å². The second-order valence-corrected chi connectivity index (χ2v) is 13.5. The number of nitrogens with zero attached hydrogens (tertiary/aromatic N) is 5. The molecule has 0 N–H and O–H groups in total. The van der Waals surface area contributed by atoms with E-state index in [1.54, 1.807) is 0 Å². The zero-order chi connectivity index (χ0) is 34.3. The molecule has 0 bridgehead atoms. The highest BCUT2D eigenvalue weighted by molar-refractivity contribution is 4.94. The smallest absolute Gasteiger partial charge is 0.300 e. The topological polar surface area (TPSA) is 57.3 Å². The summed E-state index contributed by atoms with van der Waals surface area (Å²) in [5.74, 6) is -1.11. The molecule has 2 aliphatic heterocycles. The lowest BCUT2D eigenvalue weighted by molar-refractivity contribution is -0.186. The van der Waals surface area contributed by atoms with Crippen molar-refractivity contribution in [2.24, 2.45) is 16.7 Å². The third-order valence-electron chi connectivity index (χ3n) is 10.2. The molecule has 0 radical (unpaired) electrons. The SMILES string of the molecule is CC.CC.CC1(CC#N)CCC(N2CCC(C(F)(F)F)CC2)CC1.CC1(CC#N)CCC(N2CCN(CC(F)(F)F)CC2)CC1. The molecule has 4 aliphatic rings. The van der Waals surface area contributed by atoms with Crippen LogP contribution in [0.1, 0.15) is 119 Å². The van der Waals surface area contributed by atoms with E-state index >= 15 is 0 Å². The summed E-state index contributed by atoms with van der Waals surface area (Å²) in [4.78, 5) is 6.09. The molecule has 0 amide bonds. The second-order valence-electron chi connectivity index (χ2n) is 13.5. The molecule has 2 heterocycles. The van der Waals surface area contributed by atoms with Gasteiger partial charge < -0.3 is 4.90 Å². The van der Waals surface area contributed by atoms with Gasteiger partial charge in [-0.05, 0) is 88.1 Å². The van der Waals surface area contributed by atoms with Crippen molar-refractivity contribution >= 4 is 0 Å². The summed E-state index contributed by atoms with van der Waals surface area (Å²) in [6.07, 6.45) is 1.89. The molecule has 2 aliphatic carbocycles. The van der Waals surface area contributed by atoms with E-state index in [-0.39, 0.29) is 23.7 Å². The third-order valence-corrected chi connectivity index (χ3v) is 10.2. The van der Waals surface area contributed by atoms with Crippen LogP contribution in [0.4, 0.5) is 26.3 Å². The van der Waals surface area contributed by atoms with Gasteiger partial charge in [0.25, 0.3) is 0 Å². The Kier molecular flexibility index (Phi) is 17.8. The number of alkyl halides is 6. The maximum atomic E-state index is 12.6. The van der Waals surface area contributed by atoms with Gasteiger partial charge in [0.05, 0.1) is 24.6 Å². The molecule has 2 saturated carbocycles. The summed E-state index contributed by atoms with van der Waals surface area (Å²) in [5.41, 5.74) is 0.263. The van der Waals surface area contributed by atoms with Gasteiger partial charge in [-0.2, -0.15) is 36.9 Å². The molecule has 45 heavy (non-hydrogen) atoms. The van der Waals surface area contributed by atoms with Crippen LogP contribution in [0.3, 0.4) is 0 Å². The van der Waals surface area contributed by atoms with Crippen LogP contribution in [0.15, 0.2) is 0 Å². The van der Waals surface area contributed by atoms with Crippen LogP contribution in [-0.2, 0) is 0 Å². The van der Waals surface area contributed by atoms with E-state index in [0.29, 0.717) is 51.1 Å². The normalized spacial score (nSPS) is 30.6. The Morgan fingerprint density at radius 1 is 0.600 bits per heavy atom. The first-order valence-electron chi connectivity index (χ1n) is 17.2. The molecule has 0 aromatic rings. The Balaban J connectivity index is 0.000000406. The number of halogens is 6. The molecular weight excluding hydrogens is 592 g/mol. The molecule has 0 aromatic carbocycles. The fraction of sp³-hybridized carbons (Fsp3) is 0.941. The average molecular weight is 652 g/mol. The van der Waals surface area contributed by atoms with Gasteiger partial charge in [0.2, 0.25) is 0 Å². The quantitative estimate of drug-likeness (QED) is 0.278. The number of nitriles is 2. The molecule has 4 fully saturated rings. The van der Waals surface area contributed by atoms with Crippen molar-refractivity contribution in [2.45, 2.75) is 143 Å². The Hall–Kier alpha value is -1.56. The highest BCUT2D eigenvalue weighted by atomic mass is 19.4. The van der Waals surface area contributed by atoms with Gasteiger partial charge in [0.1, 0.15) is 0 Å². The van der Waals surface area contributed by atoms with Gasteiger partial charge in [0, 0.05) is 51.1 Å². The summed E-state index contributed by atoms with van der Waals surface area (Å²) < 4.78 is 75.0. The van der Waals surface area contributed by atoms with Gasteiger partial charge in [-0.25, -0.2) is 0 Å². The Morgan fingerprint density at radius 2 is 0.956 bits per heavy atom. The number of piperazine rings is 1. The molecule has 11 heteroatoms. The molecule has 262 valence electrons. The lowest BCUT2D eigenvalue weighted by Gasteiger charge is -2.44. The monoisotopic (exact) mass is 651 g/mol. The number of likely N-dealkylation sites (tertiary alicyclic amines) is 1. The molecule has 5 nitrogen and oxygen atoms in total. The van der Waals surface area contributed by atoms with Crippen LogP contribution in [0, 0.1) is 39.4 Å². The minimum Gasteiger partial charge on any atom is -0.300 e. The Morgan fingerprint density at radius 3 is 1.27 bits per heavy atom. The van der Waals surface area contributed by atoms with Crippen molar-refractivity contribution in [2.75, 3.05) is 45.8 Å². The predicted molar refractivity (Wildman–Crippen MR) is 168 cm³/mol. The fourth-order valence-corrected chi connectivity index (χ4v) is 7.20. The van der Waals surface area contributed by atoms with E-state index in [1.165, 1.54) is 4.90 Å². The van der Waals surface area contributed by atoms with Crippen molar-refractivity contribution in [1.29, 1.82) is 10.5 Å². The van der Waals surface area contributed by atoms with Gasteiger partial charge in [-0.15, -0.1) is 0 Å². The van der Waals surface area contributed by atoms with Crippen molar-refractivity contribution in [1.82, 2.24) is 14.7 Å². The molecule has 0 unspecified atom stereocenters. The standard InChI is InChI=1S/C15H24F3N3.C15H23F3N2.2C2H6/c1-14(6-7-19)4-2-13(3-5-14)21-10-8-20(9-11-21)12-15(16,17)18;1-14(8-9-19)6-2-13(3-7-14)20-10-4-12(5-11-20)15(16,17)18;2*1-2/h13H,2-6,8-12H2,1H3;12-13H,2-8,10-11H2,1H3;2*1-2H3. The first-order chi connectivity index (χ1) is 21.2. The summed E-state index contributed by atoms with van der Waals surface area (Å²) in [7, 11) is 0. The van der Waals surface area contributed by atoms with Crippen molar-refractivity contribution in [3.63, 3.8) is 0 Å². The summed E-state index contributed by atoms with van der Waals surface area (Å²) in [6.45, 7) is 15.2. The van der Waals surface area contributed by atoms with Gasteiger partial charge in [-0.1, -0.05) is 41.5 Å². The number of rotatable bonds is 5. The van der Waals surface area contributed by atoms with Crippen LogP contribution in [-0.4, -0.2) is 84.9 Å². The number of hydrogen-bond donors (Lipinski definition) is 0. The minimum atomic E-state index is -4.09. The summed E-state index contributed by atoms with van der Waals surface area (Å²) in [6, 6.07) is 5.45. The summed E-state index contributed by atoms with van der Waals surface area (Å²) >= 11 is 0. The largest absolute Gasteiger partial charge is 0.401 e. The Bertz CT molecular complexity index is 877. The van der Waals surface area contributed by atoms with Crippen LogP contribution >= 0.6 is 0 Å². The second kappa shape index (κ2) is 19.3. The van der Waals surface area contributed by atoms with E-state index in [9.17, 15) is 26.3 Å². The lowest BCUT2D eigenvalue weighted by Crippen LogP contribution is -2.53. The van der Waals surface area contributed by atoms with E-state index in [2.05, 4.69) is 35.8 Å². The molecule has 4 rings (SSSR count). The van der Waals surface area contributed by atoms with Crippen molar-refractivity contribution in [3.05, 3.63) is 0 Å². The number of hydrogen-bond acceptors (Lipinski definition) is 5. The van der Waals surface area contributed by atoms with E-state index in [1.807, 2.05) is 27.7 Å². The average Bonchev–Trinajstić information content (AvgIpc) is 3.00. The molecule has 0 atom stereocenters. The van der Waals surface area contributed by atoms with Crippen molar-refractivity contribution in [3.8, 4) is 12.1 Å². The van der Waals surface area contributed by atoms with Crippen LogP contribution in [0.2, 0.25) is 0 Å². The van der Waals surface area contributed by atoms with Gasteiger partial charge in [0.15, 0.2) is 0 Å². The maximum absolute atomic E-state index is 12.6. The highest BCUT2D eigenvalue weighted by Gasteiger charge is 2.43. The predicted octanol–water partition coefficient (Wildman–Crippen LogP) is 9.20. The highest BCUT2D eigenvalue weighted by Crippen LogP contribution is 2.42. The first-order valence-corrected chi connectivity index (χ1v) is 17.2. The molecular formula is C34H59F6N5. The molecule has 2 saturated heterocycles. The number of piperidine rings is 1. The van der Waals surface area contributed by atoms with E-state index in [4.69, 9.17) is 10.5 Å². The first kappa shape index (κ1) is 41.5. The maximum Gasteiger partial charge on any atom is 0.401 e. The zero-order valence-corrected chi connectivity index (χ0v) is 28.7. The van der Waals surface area contributed by atoms with Gasteiger partial charge >= 0.3 is 12.4 Å². The third kappa shape index (κ3) is 14.4. The van der Waals surface area contributed by atoms with Crippen LogP contribution in [0.25, 0.3) is 0 Å². The zero-order valence-electron chi connectivity index (χ0n) is 28.7. The van der Waals surface area contributed by atoms with Gasteiger partial charge in [-0.3, -0.25) is 9.80 Å². The molecule has 0 aromatic heterocycles.